The van der Waals surface area contributed by atoms with Gasteiger partial charge in [0, 0.05) is 14.5 Å². The lowest BCUT2D eigenvalue weighted by Crippen LogP contribution is -2.27. The van der Waals surface area contributed by atoms with E-state index in [0.717, 1.165) is 31.4 Å². The summed E-state index contributed by atoms with van der Waals surface area (Å²) in [4.78, 5) is 15.6. The average molecular weight is 543 g/mol. The fourth-order valence-electron chi connectivity index (χ4n) is 3.37. The van der Waals surface area contributed by atoms with Gasteiger partial charge in [-0.25, -0.2) is 0 Å². The van der Waals surface area contributed by atoms with Crippen molar-refractivity contribution in [1.82, 2.24) is 0 Å². The molecule has 0 spiro atoms. The van der Waals surface area contributed by atoms with Crippen LogP contribution in [0.5, 0.6) is 0 Å². The van der Waals surface area contributed by atoms with Crippen LogP contribution in [0.25, 0.3) is 0 Å². The van der Waals surface area contributed by atoms with E-state index in [1.807, 2.05) is 47.4 Å². The van der Waals surface area contributed by atoms with Crippen molar-refractivity contribution in [3.05, 3.63) is 92.4 Å². The summed E-state index contributed by atoms with van der Waals surface area (Å²) in [6.45, 7) is 13.1. The second-order valence-corrected chi connectivity index (χ2v) is 11.7. The lowest BCUT2D eigenvalue weighted by atomic mass is 9.86. The molecule has 3 aromatic carbocycles. The van der Waals surface area contributed by atoms with Gasteiger partial charge >= 0.3 is 0 Å². The molecule has 0 saturated heterocycles. The highest BCUT2D eigenvalue weighted by molar-refractivity contribution is 9.10. The van der Waals surface area contributed by atoms with Crippen molar-refractivity contribution in [2.24, 2.45) is 0 Å². The minimum atomic E-state index is -0.0588. The van der Waals surface area contributed by atoms with E-state index in [2.05, 4.69) is 97.7 Å². The van der Waals surface area contributed by atoms with Crippen molar-refractivity contribution < 1.29 is 4.79 Å². The van der Waals surface area contributed by atoms with E-state index in [4.69, 9.17) is 0 Å². The van der Waals surface area contributed by atoms with Crippen LogP contribution in [0, 0.1) is 0 Å². The zero-order valence-electron chi connectivity index (χ0n) is 19.0. The molecule has 2 nitrogen and oxygen atoms in total. The van der Waals surface area contributed by atoms with Crippen LogP contribution in [0.15, 0.2) is 75.7 Å². The molecule has 162 valence electrons. The molecule has 3 aromatic rings. The molecule has 0 heterocycles. The van der Waals surface area contributed by atoms with Gasteiger partial charge in [-0.05, 0) is 70.5 Å². The summed E-state index contributed by atoms with van der Waals surface area (Å²) in [7, 11) is 0. The van der Waals surface area contributed by atoms with Crippen LogP contribution in [-0.4, -0.2) is 5.91 Å². The van der Waals surface area contributed by atoms with Gasteiger partial charge in [-0.1, -0.05) is 91.6 Å². The maximum atomic E-state index is 13.8. The molecule has 1 amide bonds. The highest BCUT2D eigenvalue weighted by atomic mass is 79.9. The number of anilines is 2. The van der Waals surface area contributed by atoms with E-state index < -0.39 is 0 Å². The van der Waals surface area contributed by atoms with Crippen molar-refractivity contribution in [2.45, 2.75) is 52.4 Å². The Hall–Kier alpha value is -1.91. The van der Waals surface area contributed by atoms with Gasteiger partial charge in [0.15, 0.2) is 0 Å². The maximum Gasteiger partial charge on any atom is 0.262 e. The van der Waals surface area contributed by atoms with E-state index >= 15 is 0 Å². The van der Waals surface area contributed by atoms with E-state index in [0.29, 0.717) is 5.56 Å². The molecule has 0 atom stereocenters. The maximum absolute atomic E-state index is 13.8. The molecule has 0 N–H and O–H groups in total. The van der Waals surface area contributed by atoms with Gasteiger partial charge < -0.3 is 0 Å². The Balaban J connectivity index is 2.27. The Bertz CT molecular complexity index is 1030. The Morgan fingerprint density at radius 2 is 1.10 bits per heavy atom. The summed E-state index contributed by atoms with van der Waals surface area (Å²) in [5.74, 6) is -0.0588. The van der Waals surface area contributed by atoms with Crippen molar-refractivity contribution in [2.75, 3.05) is 4.90 Å². The first kappa shape index (κ1) is 23.7. The SMILES string of the molecule is CC(C)(C)c1cc(Br)cc(N(C(=O)c2ccccc2)c2cc(Br)cc(C(C)(C)C)c2)c1. The molecular formula is C27H29Br2NO. The van der Waals surface area contributed by atoms with Gasteiger partial charge in [-0.3, -0.25) is 9.69 Å². The van der Waals surface area contributed by atoms with Crippen molar-refractivity contribution in [3.8, 4) is 0 Å². The molecule has 31 heavy (non-hydrogen) atoms. The lowest BCUT2D eigenvalue weighted by molar-refractivity contribution is 0.0999. The van der Waals surface area contributed by atoms with Crippen LogP contribution < -0.4 is 4.90 Å². The summed E-state index contributed by atoms with van der Waals surface area (Å²) in [5.41, 5.74) is 4.55. The minimum absolute atomic E-state index is 0.0478. The van der Waals surface area contributed by atoms with E-state index in [1.165, 1.54) is 0 Å². The number of halogens is 2. The van der Waals surface area contributed by atoms with Crippen LogP contribution in [-0.2, 0) is 10.8 Å². The van der Waals surface area contributed by atoms with Crippen LogP contribution in [0.2, 0.25) is 0 Å². The fourth-order valence-corrected chi connectivity index (χ4v) is 4.33. The standard InChI is InChI=1S/C27H29Br2NO/c1-26(2,3)19-12-21(28)16-23(14-19)30(25(31)18-10-8-7-9-11-18)24-15-20(27(4,5)6)13-22(29)17-24/h7-17H,1-6H3. The number of carbonyl (C=O) groups excluding carboxylic acids is 1. The van der Waals surface area contributed by atoms with Crippen LogP contribution >= 0.6 is 31.9 Å². The predicted molar refractivity (Wildman–Crippen MR) is 139 cm³/mol. The number of hydrogen-bond acceptors (Lipinski definition) is 1. The lowest BCUT2D eigenvalue weighted by Gasteiger charge is -2.29. The van der Waals surface area contributed by atoms with E-state index in [-0.39, 0.29) is 16.7 Å². The summed E-state index contributed by atoms with van der Waals surface area (Å²) in [5, 5.41) is 0. The Kier molecular flexibility index (Phi) is 6.83. The zero-order valence-corrected chi connectivity index (χ0v) is 22.1. The summed E-state index contributed by atoms with van der Waals surface area (Å²) < 4.78 is 1.90. The fraction of sp³-hybridized carbons (Fsp3) is 0.296. The van der Waals surface area contributed by atoms with E-state index in [9.17, 15) is 4.79 Å². The van der Waals surface area contributed by atoms with Gasteiger partial charge in [0.05, 0.1) is 11.4 Å². The minimum Gasteiger partial charge on any atom is -0.277 e. The van der Waals surface area contributed by atoms with Crippen LogP contribution in [0.1, 0.15) is 63.0 Å². The Morgan fingerprint density at radius 1 is 0.677 bits per heavy atom. The molecule has 0 aliphatic carbocycles. The molecule has 0 saturated carbocycles. The molecule has 0 aromatic heterocycles. The largest absolute Gasteiger partial charge is 0.277 e. The van der Waals surface area contributed by atoms with Crippen molar-refractivity contribution in [1.29, 1.82) is 0 Å². The van der Waals surface area contributed by atoms with Gasteiger partial charge in [0.1, 0.15) is 0 Å². The van der Waals surface area contributed by atoms with Gasteiger partial charge in [-0.2, -0.15) is 0 Å². The topological polar surface area (TPSA) is 20.3 Å². The number of rotatable bonds is 3. The van der Waals surface area contributed by atoms with Gasteiger partial charge in [0.25, 0.3) is 5.91 Å². The van der Waals surface area contributed by atoms with E-state index in [1.54, 1.807) is 0 Å². The Labute approximate surface area is 202 Å². The molecule has 4 heteroatoms. The predicted octanol–water partition coefficient (Wildman–Crippen LogP) is 8.79. The van der Waals surface area contributed by atoms with Crippen molar-refractivity contribution >= 4 is 49.1 Å². The quantitative estimate of drug-likeness (QED) is 0.324. The smallest absolute Gasteiger partial charge is 0.262 e. The molecule has 0 aliphatic rings. The van der Waals surface area contributed by atoms with Crippen LogP contribution in [0.4, 0.5) is 11.4 Å². The average Bonchev–Trinajstić information content (AvgIpc) is 2.66. The first-order valence-electron chi connectivity index (χ1n) is 10.4. The third kappa shape index (κ3) is 5.67. The first-order chi connectivity index (χ1) is 14.4. The van der Waals surface area contributed by atoms with Gasteiger partial charge in [-0.15, -0.1) is 0 Å². The molecule has 3 rings (SSSR count). The summed E-state index contributed by atoms with van der Waals surface area (Å²) >= 11 is 7.33. The molecular weight excluding hydrogens is 514 g/mol. The summed E-state index contributed by atoms with van der Waals surface area (Å²) in [6.07, 6.45) is 0. The molecule has 0 unspecified atom stereocenters. The van der Waals surface area contributed by atoms with Crippen LogP contribution in [0.3, 0.4) is 0 Å². The third-order valence-corrected chi connectivity index (χ3v) is 6.15. The molecule has 0 fully saturated rings. The van der Waals surface area contributed by atoms with Gasteiger partial charge in [0.2, 0.25) is 0 Å². The molecule has 0 radical (unpaired) electrons. The number of hydrogen-bond donors (Lipinski definition) is 0. The second kappa shape index (κ2) is 8.91. The normalized spacial score (nSPS) is 12.0. The highest BCUT2D eigenvalue weighted by Crippen LogP contribution is 2.37. The number of amides is 1. The first-order valence-corrected chi connectivity index (χ1v) is 12.0. The molecule has 0 aliphatic heterocycles. The Morgan fingerprint density at radius 3 is 1.48 bits per heavy atom. The van der Waals surface area contributed by atoms with Crippen molar-refractivity contribution in [3.63, 3.8) is 0 Å². The molecule has 0 bridgehead atoms. The second-order valence-electron chi connectivity index (χ2n) is 9.90. The monoisotopic (exact) mass is 541 g/mol. The highest BCUT2D eigenvalue weighted by Gasteiger charge is 2.25. The number of nitrogens with zero attached hydrogens (tertiary/aromatic N) is 1. The summed E-state index contributed by atoms with van der Waals surface area (Å²) in [6, 6.07) is 21.9. The number of benzene rings is 3. The third-order valence-electron chi connectivity index (χ3n) is 5.24. The number of carbonyl (C=O) groups is 1. The zero-order chi connectivity index (χ0) is 23.0.